The Bertz CT molecular complexity index is 868. The molecule has 0 unspecified atom stereocenters. The highest BCUT2D eigenvalue weighted by molar-refractivity contribution is 6.31. The van der Waals surface area contributed by atoms with Crippen molar-refractivity contribution in [2.24, 2.45) is 0 Å². The van der Waals surface area contributed by atoms with Gasteiger partial charge in [0.15, 0.2) is 5.43 Å². The summed E-state index contributed by atoms with van der Waals surface area (Å²) in [6, 6.07) is 12.1. The average molecular weight is 286 g/mol. The lowest BCUT2D eigenvalue weighted by atomic mass is 10.1. The monoisotopic (exact) mass is 285 g/mol. The minimum absolute atomic E-state index is 0.116. The normalized spacial score (nSPS) is 10.9. The summed E-state index contributed by atoms with van der Waals surface area (Å²) in [5, 5.41) is 1.02. The second kappa shape index (κ2) is 4.69. The molecule has 0 aliphatic carbocycles. The van der Waals surface area contributed by atoms with Crippen molar-refractivity contribution < 1.29 is 4.42 Å². The molecule has 1 heterocycles. The number of hydrogen-bond donors (Lipinski definition) is 1. The molecule has 1 aromatic heterocycles. The minimum atomic E-state index is -0.116. The number of hydrogen-bond acceptors (Lipinski definition) is 3. The quantitative estimate of drug-likeness (QED) is 0.687. The van der Waals surface area contributed by atoms with Crippen molar-refractivity contribution >= 4 is 28.3 Å². The number of benzene rings is 2. The molecule has 0 radical (unpaired) electrons. The van der Waals surface area contributed by atoms with E-state index >= 15 is 0 Å². The number of anilines is 1. The highest BCUT2D eigenvalue weighted by atomic mass is 35.5. The number of rotatable bonds is 1. The van der Waals surface area contributed by atoms with Crippen LogP contribution in [-0.4, -0.2) is 0 Å². The zero-order chi connectivity index (χ0) is 14.3. The van der Waals surface area contributed by atoms with Crippen LogP contribution in [0.25, 0.3) is 22.3 Å². The van der Waals surface area contributed by atoms with Crippen LogP contribution < -0.4 is 11.2 Å². The van der Waals surface area contributed by atoms with Crippen LogP contribution in [0.15, 0.2) is 51.7 Å². The summed E-state index contributed by atoms with van der Waals surface area (Å²) in [6.07, 6.45) is 0. The van der Waals surface area contributed by atoms with E-state index in [-0.39, 0.29) is 5.43 Å². The molecule has 0 amide bonds. The third-order valence-corrected chi connectivity index (χ3v) is 3.37. The first-order chi connectivity index (χ1) is 9.54. The zero-order valence-corrected chi connectivity index (χ0v) is 11.6. The highest BCUT2D eigenvalue weighted by Crippen LogP contribution is 2.27. The third-order valence-electron chi connectivity index (χ3n) is 3.15. The third kappa shape index (κ3) is 2.17. The van der Waals surface area contributed by atoms with E-state index in [2.05, 4.69) is 0 Å². The van der Waals surface area contributed by atoms with Gasteiger partial charge in [0.05, 0.1) is 5.39 Å². The summed E-state index contributed by atoms with van der Waals surface area (Å²) in [4.78, 5) is 12.2. The number of fused-ring (bicyclic) bond motifs is 1. The zero-order valence-electron chi connectivity index (χ0n) is 10.8. The maximum absolute atomic E-state index is 12.2. The van der Waals surface area contributed by atoms with Crippen LogP contribution in [0.2, 0.25) is 5.02 Å². The fourth-order valence-electron chi connectivity index (χ4n) is 2.22. The lowest BCUT2D eigenvalue weighted by Gasteiger charge is -2.06. The first-order valence-electron chi connectivity index (χ1n) is 6.14. The number of halogens is 1. The van der Waals surface area contributed by atoms with Gasteiger partial charge in [0.2, 0.25) is 0 Å². The standard InChI is InChI=1S/C16H12ClNO2/c1-9-5-11(17)7-13-14(19)8-15(20-16(9)13)10-3-2-4-12(18)6-10/h2-8H,18H2,1H3. The van der Waals surface area contributed by atoms with Crippen LogP contribution in [0.5, 0.6) is 0 Å². The highest BCUT2D eigenvalue weighted by Gasteiger charge is 2.10. The SMILES string of the molecule is Cc1cc(Cl)cc2c(=O)cc(-c3cccc(N)c3)oc12. The van der Waals surface area contributed by atoms with Gasteiger partial charge in [0.25, 0.3) is 0 Å². The van der Waals surface area contributed by atoms with Crippen molar-refractivity contribution in [1.29, 1.82) is 0 Å². The molecule has 0 aliphatic rings. The van der Waals surface area contributed by atoms with Gasteiger partial charge in [0.1, 0.15) is 11.3 Å². The molecule has 2 aromatic carbocycles. The Kier molecular flexibility index (Phi) is 2.99. The summed E-state index contributed by atoms with van der Waals surface area (Å²) in [7, 11) is 0. The van der Waals surface area contributed by atoms with Gasteiger partial charge >= 0.3 is 0 Å². The van der Waals surface area contributed by atoms with Crippen molar-refractivity contribution in [2.75, 3.05) is 5.73 Å². The maximum atomic E-state index is 12.2. The number of nitrogens with two attached hydrogens (primary N) is 1. The molecule has 3 rings (SSSR count). The molecule has 20 heavy (non-hydrogen) atoms. The Balaban J connectivity index is 2.32. The molecule has 0 bridgehead atoms. The molecule has 4 heteroatoms. The average Bonchev–Trinajstić information content (AvgIpc) is 2.39. The fraction of sp³-hybridized carbons (Fsp3) is 0.0625. The van der Waals surface area contributed by atoms with Crippen LogP contribution in [0.1, 0.15) is 5.56 Å². The van der Waals surface area contributed by atoms with Gasteiger partial charge in [-0.15, -0.1) is 0 Å². The Hall–Kier alpha value is -2.26. The van der Waals surface area contributed by atoms with E-state index in [1.807, 2.05) is 19.1 Å². The summed E-state index contributed by atoms with van der Waals surface area (Å²) < 4.78 is 5.86. The Morgan fingerprint density at radius 1 is 1.15 bits per heavy atom. The van der Waals surface area contributed by atoms with Gasteiger partial charge in [-0.2, -0.15) is 0 Å². The largest absolute Gasteiger partial charge is 0.456 e. The van der Waals surface area contributed by atoms with Crippen molar-refractivity contribution in [3.05, 3.63) is 63.3 Å². The molecule has 0 saturated heterocycles. The van der Waals surface area contributed by atoms with Crippen LogP contribution >= 0.6 is 11.6 Å². The molecular weight excluding hydrogens is 274 g/mol. The topological polar surface area (TPSA) is 56.2 Å². The van der Waals surface area contributed by atoms with E-state index in [4.69, 9.17) is 21.8 Å². The molecule has 0 saturated carbocycles. The van der Waals surface area contributed by atoms with Crippen LogP contribution in [0.4, 0.5) is 5.69 Å². The molecule has 3 aromatic rings. The van der Waals surface area contributed by atoms with E-state index in [0.29, 0.717) is 27.4 Å². The first kappa shape index (κ1) is 12.8. The second-order valence-corrected chi connectivity index (χ2v) is 5.14. The Morgan fingerprint density at radius 3 is 2.70 bits per heavy atom. The summed E-state index contributed by atoms with van der Waals surface area (Å²) in [6.45, 7) is 1.86. The molecule has 0 aliphatic heterocycles. The van der Waals surface area contributed by atoms with Crippen molar-refractivity contribution in [3.63, 3.8) is 0 Å². The van der Waals surface area contributed by atoms with E-state index in [9.17, 15) is 4.79 Å². The summed E-state index contributed by atoms with van der Waals surface area (Å²) in [5.41, 5.74) is 8.43. The summed E-state index contributed by atoms with van der Waals surface area (Å²) in [5.74, 6) is 0.500. The maximum Gasteiger partial charge on any atom is 0.193 e. The van der Waals surface area contributed by atoms with Crippen LogP contribution in [0.3, 0.4) is 0 Å². The van der Waals surface area contributed by atoms with Crippen LogP contribution in [0, 0.1) is 6.92 Å². The number of nitrogen functional groups attached to an aromatic ring is 1. The number of aryl methyl sites for hydroxylation is 1. The van der Waals surface area contributed by atoms with E-state index < -0.39 is 0 Å². The second-order valence-electron chi connectivity index (χ2n) is 4.70. The smallest absolute Gasteiger partial charge is 0.193 e. The van der Waals surface area contributed by atoms with Gasteiger partial charge in [-0.25, -0.2) is 0 Å². The fourth-order valence-corrected chi connectivity index (χ4v) is 2.49. The van der Waals surface area contributed by atoms with Gasteiger partial charge in [-0.05, 0) is 36.8 Å². The lowest BCUT2D eigenvalue weighted by Crippen LogP contribution is -2.01. The predicted octanol–water partition coefficient (Wildman–Crippen LogP) is 4.00. The molecular formula is C16H12ClNO2. The molecule has 0 fully saturated rings. The lowest BCUT2D eigenvalue weighted by molar-refractivity contribution is 0.616. The summed E-state index contributed by atoms with van der Waals surface area (Å²) >= 11 is 5.98. The van der Waals surface area contributed by atoms with Gasteiger partial charge < -0.3 is 10.2 Å². The van der Waals surface area contributed by atoms with Gasteiger partial charge in [-0.1, -0.05) is 23.7 Å². The minimum Gasteiger partial charge on any atom is -0.456 e. The van der Waals surface area contributed by atoms with Gasteiger partial charge in [-0.3, -0.25) is 4.79 Å². The molecule has 2 N–H and O–H groups in total. The molecule has 100 valence electrons. The van der Waals surface area contributed by atoms with Crippen molar-refractivity contribution in [1.82, 2.24) is 0 Å². The van der Waals surface area contributed by atoms with E-state index in [0.717, 1.165) is 11.1 Å². The molecule has 0 atom stereocenters. The van der Waals surface area contributed by atoms with Gasteiger partial charge in [0, 0.05) is 22.3 Å². The van der Waals surface area contributed by atoms with E-state index in [1.165, 1.54) is 6.07 Å². The Morgan fingerprint density at radius 2 is 1.95 bits per heavy atom. The van der Waals surface area contributed by atoms with Crippen molar-refractivity contribution in [3.8, 4) is 11.3 Å². The molecule has 3 nitrogen and oxygen atoms in total. The van der Waals surface area contributed by atoms with E-state index in [1.54, 1.807) is 24.3 Å². The predicted molar refractivity (Wildman–Crippen MR) is 82.1 cm³/mol. The first-order valence-corrected chi connectivity index (χ1v) is 6.52. The Labute approximate surface area is 120 Å². The molecule has 0 spiro atoms. The van der Waals surface area contributed by atoms with Crippen LogP contribution in [-0.2, 0) is 0 Å². The van der Waals surface area contributed by atoms with Crippen molar-refractivity contribution in [2.45, 2.75) is 6.92 Å².